The Morgan fingerprint density at radius 3 is 2.38 bits per heavy atom. The number of hydrogen-bond donors (Lipinski definition) is 3. The van der Waals surface area contributed by atoms with E-state index in [2.05, 4.69) is 29.6 Å². The van der Waals surface area contributed by atoms with E-state index in [1.807, 2.05) is 0 Å². The first kappa shape index (κ1) is 11.6. The monoisotopic (exact) mass is 221 g/mol. The Bertz CT molecular complexity index is 338. The zero-order valence-corrected chi connectivity index (χ0v) is 9.61. The van der Waals surface area contributed by atoms with Crippen molar-refractivity contribution in [3.05, 3.63) is 35.4 Å². The quantitative estimate of drug-likeness (QED) is 0.693. The van der Waals surface area contributed by atoms with Crippen LogP contribution in [0.4, 0.5) is 0 Å². The molecule has 0 amide bonds. The molecule has 0 spiro atoms. The molecular weight excluding hydrogens is 202 g/mol. The zero-order valence-electron chi connectivity index (χ0n) is 9.61. The van der Waals surface area contributed by atoms with Gasteiger partial charge in [0.15, 0.2) is 0 Å². The van der Waals surface area contributed by atoms with Gasteiger partial charge in [-0.1, -0.05) is 24.3 Å². The van der Waals surface area contributed by atoms with Crippen LogP contribution in [0.3, 0.4) is 0 Å². The van der Waals surface area contributed by atoms with E-state index in [1.165, 1.54) is 11.1 Å². The van der Waals surface area contributed by atoms with E-state index in [0.717, 1.165) is 12.8 Å². The van der Waals surface area contributed by atoms with Crippen molar-refractivity contribution >= 4 is 0 Å². The van der Waals surface area contributed by atoms with Gasteiger partial charge < -0.3 is 15.5 Å². The Labute approximate surface area is 96.1 Å². The average molecular weight is 221 g/mol. The predicted octanol–water partition coefficient (Wildman–Crippen LogP) is 0.487. The summed E-state index contributed by atoms with van der Waals surface area (Å²) >= 11 is 0. The average Bonchev–Trinajstić information content (AvgIpc) is 2.69. The molecule has 3 heteroatoms. The van der Waals surface area contributed by atoms with Crippen LogP contribution in [-0.2, 0) is 12.8 Å². The van der Waals surface area contributed by atoms with Crippen molar-refractivity contribution in [1.29, 1.82) is 0 Å². The van der Waals surface area contributed by atoms with Crippen LogP contribution in [0.25, 0.3) is 0 Å². The van der Waals surface area contributed by atoms with Gasteiger partial charge >= 0.3 is 0 Å². The highest BCUT2D eigenvalue weighted by molar-refractivity contribution is 5.33. The maximum Gasteiger partial charge on any atom is 0.0972 e. The van der Waals surface area contributed by atoms with Crippen LogP contribution in [0.5, 0.6) is 0 Å². The molecule has 2 rings (SSSR count). The van der Waals surface area contributed by atoms with Crippen LogP contribution in [0.1, 0.15) is 18.1 Å². The molecule has 0 saturated carbocycles. The first-order valence-corrected chi connectivity index (χ1v) is 5.74. The van der Waals surface area contributed by atoms with E-state index in [-0.39, 0.29) is 6.61 Å². The number of aliphatic hydroxyl groups excluding tert-OH is 1. The molecule has 3 N–H and O–H groups in total. The topological polar surface area (TPSA) is 52.5 Å². The van der Waals surface area contributed by atoms with Crippen LogP contribution in [-0.4, -0.2) is 35.0 Å². The maximum atomic E-state index is 9.69. The molecule has 0 aromatic heterocycles. The Balaban J connectivity index is 1.88. The van der Waals surface area contributed by atoms with Crippen LogP contribution in [0, 0.1) is 0 Å². The number of fused-ring (bicyclic) bond motifs is 1. The molecule has 1 aliphatic carbocycles. The number of nitrogens with one attached hydrogen (secondary N) is 1. The summed E-state index contributed by atoms with van der Waals surface area (Å²) in [5.74, 6) is 0. The van der Waals surface area contributed by atoms with Gasteiger partial charge in [-0.25, -0.2) is 0 Å². The van der Waals surface area contributed by atoms with Gasteiger partial charge in [0, 0.05) is 12.6 Å². The lowest BCUT2D eigenvalue weighted by Gasteiger charge is -2.23. The second kappa shape index (κ2) is 4.53. The fourth-order valence-corrected chi connectivity index (χ4v) is 2.12. The smallest absolute Gasteiger partial charge is 0.0972 e. The minimum atomic E-state index is -1.02. The van der Waals surface area contributed by atoms with E-state index in [1.54, 1.807) is 6.92 Å². The van der Waals surface area contributed by atoms with Crippen molar-refractivity contribution in [1.82, 2.24) is 5.32 Å². The van der Waals surface area contributed by atoms with E-state index in [9.17, 15) is 5.11 Å². The van der Waals surface area contributed by atoms with Gasteiger partial charge in [0.2, 0.25) is 0 Å². The molecule has 1 aromatic carbocycles. The molecule has 0 saturated heterocycles. The minimum Gasteiger partial charge on any atom is -0.393 e. The highest BCUT2D eigenvalue weighted by Gasteiger charge is 2.24. The first-order valence-electron chi connectivity index (χ1n) is 5.74. The number of aliphatic hydroxyl groups is 2. The fourth-order valence-electron chi connectivity index (χ4n) is 2.12. The summed E-state index contributed by atoms with van der Waals surface area (Å²) < 4.78 is 0. The SMILES string of the molecule is CC(O)(CO)CNC1Cc2ccccc2C1. The molecule has 0 bridgehead atoms. The third-order valence-corrected chi connectivity index (χ3v) is 3.16. The van der Waals surface area contributed by atoms with Crippen molar-refractivity contribution in [2.24, 2.45) is 0 Å². The summed E-state index contributed by atoms with van der Waals surface area (Å²) in [6.45, 7) is 1.86. The van der Waals surface area contributed by atoms with Crippen molar-refractivity contribution in [3.8, 4) is 0 Å². The molecule has 0 heterocycles. The molecular formula is C13H19NO2. The summed E-state index contributed by atoms with van der Waals surface area (Å²) in [6, 6.07) is 8.81. The van der Waals surface area contributed by atoms with Crippen LogP contribution < -0.4 is 5.32 Å². The third kappa shape index (κ3) is 2.61. The number of rotatable bonds is 4. The molecule has 0 fully saturated rings. The Morgan fingerprint density at radius 1 is 1.31 bits per heavy atom. The third-order valence-electron chi connectivity index (χ3n) is 3.16. The fraction of sp³-hybridized carbons (Fsp3) is 0.538. The van der Waals surface area contributed by atoms with Gasteiger partial charge in [-0.15, -0.1) is 0 Å². The standard InChI is InChI=1S/C13H19NO2/c1-13(16,9-15)8-14-12-6-10-4-2-3-5-11(10)7-12/h2-5,12,14-16H,6-9H2,1H3. The molecule has 0 aliphatic heterocycles. The molecule has 0 radical (unpaired) electrons. The summed E-state index contributed by atoms with van der Waals surface area (Å²) in [6.07, 6.45) is 2.02. The van der Waals surface area contributed by atoms with E-state index < -0.39 is 5.60 Å². The molecule has 16 heavy (non-hydrogen) atoms. The van der Waals surface area contributed by atoms with Gasteiger partial charge in [0.25, 0.3) is 0 Å². The van der Waals surface area contributed by atoms with Gasteiger partial charge in [-0.05, 0) is 30.9 Å². The second-order valence-electron chi connectivity index (χ2n) is 4.91. The van der Waals surface area contributed by atoms with E-state index in [0.29, 0.717) is 12.6 Å². The molecule has 3 nitrogen and oxygen atoms in total. The molecule has 1 unspecified atom stereocenters. The lowest BCUT2D eigenvalue weighted by atomic mass is 10.1. The highest BCUT2D eigenvalue weighted by Crippen LogP contribution is 2.21. The molecule has 1 aromatic rings. The number of hydrogen-bond acceptors (Lipinski definition) is 3. The van der Waals surface area contributed by atoms with Crippen LogP contribution in [0.2, 0.25) is 0 Å². The lowest BCUT2D eigenvalue weighted by molar-refractivity contribution is 0.000946. The largest absolute Gasteiger partial charge is 0.393 e. The first-order chi connectivity index (χ1) is 7.61. The summed E-state index contributed by atoms with van der Waals surface area (Å²) in [5.41, 5.74) is 1.77. The van der Waals surface area contributed by atoms with Crippen molar-refractivity contribution in [2.75, 3.05) is 13.2 Å². The van der Waals surface area contributed by atoms with Crippen molar-refractivity contribution < 1.29 is 10.2 Å². The predicted molar refractivity (Wildman–Crippen MR) is 63.4 cm³/mol. The summed E-state index contributed by atoms with van der Waals surface area (Å²) in [7, 11) is 0. The maximum absolute atomic E-state index is 9.69. The summed E-state index contributed by atoms with van der Waals surface area (Å²) in [5, 5.41) is 21.9. The molecule has 88 valence electrons. The van der Waals surface area contributed by atoms with Gasteiger partial charge in [0.1, 0.15) is 0 Å². The van der Waals surface area contributed by atoms with Crippen LogP contribution in [0.15, 0.2) is 24.3 Å². The molecule has 1 atom stereocenters. The zero-order chi connectivity index (χ0) is 11.6. The Hall–Kier alpha value is -0.900. The lowest BCUT2D eigenvalue weighted by Crippen LogP contribution is -2.45. The van der Waals surface area contributed by atoms with E-state index in [4.69, 9.17) is 5.11 Å². The highest BCUT2D eigenvalue weighted by atomic mass is 16.3. The van der Waals surface area contributed by atoms with Crippen molar-refractivity contribution in [2.45, 2.75) is 31.4 Å². The second-order valence-corrected chi connectivity index (χ2v) is 4.91. The van der Waals surface area contributed by atoms with E-state index >= 15 is 0 Å². The Kier molecular flexibility index (Phi) is 3.28. The van der Waals surface area contributed by atoms with Gasteiger partial charge in [0.05, 0.1) is 12.2 Å². The molecule has 1 aliphatic rings. The Morgan fingerprint density at radius 2 is 1.88 bits per heavy atom. The van der Waals surface area contributed by atoms with Gasteiger partial charge in [-0.2, -0.15) is 0 Å². The number of benzene rings is 1. The summed E-state index contributed by atoms with van der Waals surface area (Å²) in [4.78, 5) is 0. The minimum absolute atomic E-state index is 0.209. The van der Waals surface area contributed by atoms with Crippen LogP contribution >= 0.6 is 0 Å². The van der Waals surface area contributed by atoms with Gasteiger partial charge in [-0.3, -0.25) is 0 Å². The van der Waals surface area contributed by atoms with Crippen molar-refractivity contribution in [3.63, 3.8) is 0 Å². The normalized spacial score (nSPS) is 19.4.